The highest BCUT2D eigenvalue weighted by Crippen LogP contribution is 2.14. The zero-order valence-electron chi connectivity index (χ0n) is 10.2. The van der Waals surface area contributed by atoms with Gasteiger partial charge in [-0.2, -0.15) is 5.10 Å². The summed E-state index contributed by atoms with van der Waals surface area (Å²) in [5, 5.41) is 5.53. The van der Waals surface area contributed by atoms with Gasteiger partial charge >= 0.3 is 0 Å². The molecule has 0 aliphatic carbocycles. The molecule has 2 aromatic heterocycles. The van der Waals surface area contributed by atoms with Crippen LogP contribution in [-0.2, 0) is 6.54 Å². The maximum Gasteiger partial charge on any atom is 0.122 e. The lowest BCUT2D eigenvalue weighted by Crippen LogP contribution is -2.12. The fraction of sp³-hybridized carbons (Fsp3) is 0.0714. The largest absolute Gasteiger partial charge is 0.388 e. The van der Waals surface area contributed by atoms with E-state index in [0.717, 1.165) is 16.5 Å². The molecule has 2 heterocycles. The molecule has 3 aromatic rings. The maximum absolute atomic E-state index is 5.59. The molecule has 2 N–H and O–H groups in total. The molecule has 0 spiro atoms. The predicted molar refractivity (Wildman–Crippen MR) is 79.0 cm³/mol. The van der Waals surface area contributed by atoms with Crippen LogP contribution in [0, 0.1) is 0 Å². The Morgan fingerprint density at radius 1 is 1.26 bits per heavy atom. The smallest absolute Gasteiger partial charge is 0.122 e. The Kier molecular flexibility index (Phi) is 2.97. The molecular weight excluding hydrogens is 256 g/mol. The standard InChI is InChI=1S/C14H12N4S/c15-14(19)12-7-10(5-6-16-12)9-18-13-4-2-1-3-11(13)8-17-18/h1-8H,9H2,(H2,15,19). The van der Waals surface area contributed by atoms with Crippen molar-refractivity contribution in [1.29, 1.82) is 0 Å². The molecular formula is C14H12N4S. The monoisotopic (exact) mass is 268 g/mol. The number of pyridine rings is 1. The summed E-state index contributed by atoms with van der Waals surface area (Å²) in [5.74, 6) is 0. The molecule has 3 rings (SSSR count). The summed E-state index contributed by atoms with van der Waals surface area (Å²) in [7, 11) is 0. The summed E-state index contributed by atoms with van der Waals surface area (Å²) in [4.78, 5) is 4.45. The van der Waals surface area contributed by atoms with Gasteiger partial charge in [0.15, 0.2) is 0 Å². The van der Waals surface area contributed by atoms with Crippen molar-refractivity contribution in [2.75, 3.05) is 0 Å². The van der Waals surface area contributed by atoms with Crippen LogP contribution in [-0.4, -0.2) is 19.8 Å². The summed E-state index contributed by atoms with van der Waals surface area (Å²) in [6, 6.07) is 12.0. The Bertz CT molecular complexity index is 748. The first kappa shape index (κ1) is 11.8. The van der Waals surface area contributed by atoms with Gasteiger partial charge in [-0.1, -0.05) is 30.4 Å². The number of nitrogens with two attached hydrogens (primary N) is 1. The van der Waals surface area contributed by atoms with Crippen LogP contribution < -0.4 is 5.73 Å². The highest BCUT2D eigenvalue weighted by Gasteiger charge is 2.04. The maximum atomic E-state index is 5.59. The summed E-state index contributed by atoms with van der Waals surface area (Å²) >= 11 is 4.94. The van der Waals surface area contributed by atoms with Crippen molar-refractivity contribution >= 4 is 28.1 Å². The van der Waals surface area contributed by atoms with E-state index >= 15 is 0 Å². The molecule has 0 fully saturated rings. The minimum atomic E-state index is 0.312. The first-order chi connectivity index (χ1) is 9.24. The molecule has 0 bridgehead atoms. The van der Waals surface area contributed by atoms with E-state index in [-0.39, 0.29) is 0 Å². The molecule has 0 saturated heterocycles. The minimum absolute atomic E-state index is 0.312. The Morgan fingerprint density at radius 3 is 2.95 bits per heavy atom. The van der Waals surface area contributed by atoms with Crippen LogP contribution >= 0.6 is 12.2 Å². The van der Waals surface area contributed by atoms with Gasteiger partial charge in [0.1, 0.15) is 4.99 Å². The second-order valence-electron chi connectivity index (χ2n) is 4.27. The molecule has 0 unspecified atom stereocenters. The normalized spacial score (nSPS) is 10.7. The van der Waals surface area contributed by atoms with E-state index in [1.165, 1.54) is 0 Å². The Labute approximate surface area is 115 Å². The van der Waals surface area contributed by atoms with Gasteiger partial charge in [0.05, 0.1) is 24.0 Å². The molecule has 0 aliphatic heterocycles. The van der Waals surface area contributed by atoms with E-state index in [1.807, 2.05) is 41.2 Å². The number of para-hydroxylation sites is 1. The van der Waals surface area contributed by atoms with Crippen LogP contribution in [0.15, 0.2) is 48.8 Å². The van der Waals surface area contributed by atoms with E-state index < -0.39 is 0 Å². The molecule has 0 atom stereocenters. The SMILES string of the molecule is NC(=S)c1cc(Cn2ncc3ccccc32)ccn1. The highest BCUT2D eigenvalue weighted by molar-refractivity contribution is 7.80. The van der Waals surface area contributed by atoms with Crippen LogP contribution in [0.2, 0.25) is 0 Å². The van der Waals surface area contributed by atoms with Gasteiger partial charge in [-0.25, -0.2) is 0 Å². The van der Waals surface area contributed by atoms with Gasteiger partial charge in [0.2, 0.25) is 0 Å². The summed E-state index contributed by atoms with van der Waals surface area (Å²) in [6.07, 6.45) is 3.58. The summed E-state index contributed by atoms with van der Waals surface area (Å²) in [6.45, 7) is 0.672. The molecule has 1 aromatic carbocycles. The van der Waals surface area contributed by atoms with Gasteiger partial charge < -0.3 is 5.73 Å². The number of aromatic nitrogens is 3. The number of hydrogen-bond donors (Lipinski definition) is 1. The van der Waals surface area contributed by atoms with Crippen LogP contribution in [0.3, 0.4) is 0 Å². The third kappa shape index (κ3) is 2.32. The van der Waals surface area contributed by atoms with E-state index in [0.29, 0.717) is 17.2 Å². The quantitative estimate of drug-likeness (QED) is 0.739. The lowest BCUT2D eigenvalue weighted by atomic mass is 10.2. The first-order valence-electron chi connectivity index (χ1n) is 5.89. The second kappa shape index (κ2) is 4.78. The van der Waals surface area contributed by atoms with E-state index in [2.05, 4.69) is 16.1 Å². The molecule has 5 heteroatoms. The van der Waals surface area contributed by atoms with Crippen LogP contribution in [0.1, 0.15) is 11.3 Å². The van der Waals surface area contributed by atoms with E-state index in [1.54, 1.807) is 6.20 Å². The number of nitrogens with zero attached hydrogens (tertiary/aromatic N) is 3. The van der Waals surface area contributed by atoms with Crippen molar-refractivity contribution < 1.29 is 0 Å². The second-order valence-corrected chi connectivity index (χ2v) is 4.71. The topological polar surface area (TPSA) is 56.7 Å². The van der Waals surface area contributed by atoms with Crippen LogP contribution in [0.4, 0.5) is 0 Å². The first-order valence-corrected chi connectivity index (χ1v) is 6.30. The molecule has 0 saturated carbocycles. The average molecular weight is 268 g/mol. The zero-order chi connectivity index (χ0) is 13.2. The average Bonchev–Trinajstić information content (AvgIpc) is 2.83. The van der Waals surface area contributed by atoms with Crippen molar-refractivity contribution in [1.82, 2.24) is 14.8 Å². The molecule has 94 valence electrons. The minimum Gasteiger partial charge on any atom is -0.388 e. The number of hydrogen-bond acceptors (Lipinski definition) is 3. The third-order valence-corrected chi connectivity index (χ3v) is 3.17. The van der Waals surface area contributed by atoms with E-state index in [9.17, 15) is 0 Å². The molecule has 0 amide bonds. The number of benzene rings is 1. The molecule has 0 radical (unpaired) electrons. The lowest BCUT2D eigenvalue weighted by Gasteiger charge is -2.05. The van der Waals surface area contributed by atoms with E-state index in [4.69, 9.17) is 18.0 Å². The third-order valence-electron chi connectivity index (χ3n) is 2.96. The van der Waals surface area contributed by atoms with Crippen LogP contribution in [0.5, 0.6) is 0 Å². The number of fused-ring (bicyclic) bond motifs is 1. The lowest BCUT2D eigenvalue weighted by molar-refractivity contribution is 0.711. The van der Waals surface area contributed by atoms with Crippen molar-refractivity contribution in [3.8, 4) is 0 Å². The van der Waals surface area contributed by atoms with Crippen molar-refractivity contribution in [3.05, 3.63) is 60.0 Å². The van der Waals surface area contributed by atoms with Crippen molar-refractivity contribution in [3.63, 3.8) is 0 Å². The number of rotatable bonds is 3. The number of thiocarbonyl (C=S) groups is 1. The zero-order valence-corrected chi connectivity index (χ0v) is 11.0. The van der Waals surface area contributed by atoms with Gasteiger partial charge in [0.25, 0.3) is 0 Å². The molecule has 4 nitrogen and oxygen atoms in total. The summed E-state index contributed by atoms with van der Waals surface area (Å²) in [5.41, 5.74) is 8.42. The predicted octanol–water partition coefficient (Wildman–Crippen LogP) is 2.11. The Hall–Kier alpha value is -2.27. The Balaban J connectivity index is 1.97. The van der Waals surface area contributed by atoms with Gasteiger partial charge in [-0.3, -0.25) is 9.67 Å². The fourth-order valence-electron chi connectivity index (χ4n) is 2.03. The fourth-order valence-corrected chi connectivity index (χ4v) is 2.14. The van der Waals surface area contributed by atoms with Crippen LogP contribution in [0.25, 0.3) is 10.9 Å². The summed E-state index contributed by atoms with van der Waals surface area (Å²) < 4.78 is 1.95. The van der Waals surface area contributed by atoms with Crippen molar-refractivity contribution in [2.45, 2.75) is 6.54 Å². The molecule has 19 heavy (non-hydrogen) atoms. The van der Waals surface area contributed by atoms with Gasteiger partial charge in [-0.05, 0) is 23.8 Å². The highest BCUT2D eigenvalue weighted by atomic mass is 32.1. The van der Waals surface area contributed by atoms with Crippen molar-refractivity contribution in [2.24, 2.45) is 5.73 Å². The molecule has 0 aliphatic rings. The van der Waals surface area contributed by atoms with Gasteiger partial charge in [-0.15, -0.1) is 0 Å². The Morgan fingerprint density at radius 2 is 2.11 bits per heavy atom. The van der Waals surface area contributed by atoms with Gasteiger partial charge in [0, 0.05) is 11.6 Å².